The summed E-state index contributed by atoms with van der Waals surface area (Å²) in [4.78, 5) is -0.116. The third kappa shape index (κ3) is 4.40. The Hall–Kier alpha value is -0.670. The molecule has 21 heavy (non-hydrogen) atoms. The van der Waals surface area contributed by atoms with Crippen molar-refractivity contribution in [1.82, 2.24) is 19.7 Å². The van der Waals surface area contributed by atoms with Crippen LogP contribution in [0.5, 0.6) is 0 Å². The van der Waals surface area contributed by atoms with Crippen LogP contribution in [0.1, 0.15) is 6.42 Å². The van der Waals surface area contributed by atoms with Crippen LogP contribution in [-0.4, -0.2) is 30.0 Å². The first-order valence-electron chi connectivity index (χ1n) is 5.88. The Balaban J connectivity index is 2.02. The molecule has 1 N–H and O–H groups in total. The van der Waals surface area contributed by atoms with Gasteiger partial charge in [-0.15, -0.1) is 5.10 Å². The van der Waals surface area contributed by atoms with Crippen LogP contribution >= 0.6 is 39.1 Å². The second-order valence-electron chi connectivity index (χ2n) is 4.12. The molecule has 0 aliphatic carbocycles. The molecule has 10 heteroatoms. The van der Waals surface area contributed by atoms with E-state index in [0.29, 0.717) is 17.4 Å². The summed E-state index contributed by atoms with van der Waals surface area (Å²) >= 11 is 15.1. The van der Waals surface area contributed by atoms with Crippen LogP contribution in [0.4, 0.5) is 0 Å². The molecule has 0 amide bonds. The Bertz CT molecular complexity index is 699. The molecule has 0 radical (unpaired) electrons. The van der Waals surface area contributed by atoms with Gasteiger partial charge in [0, 0.05) is 23.8 Å². The maximum absolute atomic E-state index is 12.2. The molecule has 0 saturated heterocycles. The van der Waals surface area contributed by atoms with E-state index in [1.807, 2.05) is 0 Å². The molecule has 1 aromatic carbocycles. The van der Waals surface area contributed by atoms with Gasteiger partial charge in [-0.05, 0) is 18.6 Å². The Labute approximate surface area is 140 Å². The van der Waals surface area contributed by atoms with Gasteiger partial charge in [0.1, 0.15) is 4.90 Å². The van der Waals surface area contributed by atoms with Gasteiger partial charge in [-0.1, -0.05) is 44.3 Å². The first kappa shape index (κ1) is 16.7. The third-order valence-corrected chi connectivity index (χ3v) is 5.40. The summed E-state index contributed by atoms with van der Waals surface area (Å²) in [6.45, 7) is 0.801. The van der Waals surface area contributed by atoms with Gasteiger partial charge in [0.05, 0.1) is 16.2 Å². The predicted octanol–water partition coefficient (Wildman–Crippen LogP) is 2.72. The summed E-state index contributed by atoms with van der Waals surface area (Å²) in [5, 5.41) is 7.59. The van der Waals surface area contributed by atoms with Crippen molar-refractivity contribution in [3.8, 4) is 0 Å². The fourth-order valence-corrected chi connectivity index (χ4v) is 4.66. The fraction of sp³-hybridized carbons (Fsp3) is 0.273. The van der Waals surface area contributed by atoms with E-state index >= 15 is 0 Å². The van der Waals surface area contributed by atoms with E-state index in [2.05, 4.69) is 31.0 Å². The monoisotopic (exact) mass is 412 g/mol. The molecule has 0 bridgehead atoms. The molecule has 1 aromatic heterocycles. The van der Waals surface area contributed by atoms with Crippen molar-refractivity contribution in [2.45, 2.75) is 17.9 Å². The Morgan fingerprint density at radius 3 is 2.52 bits per heavy atom. The van der Waals surface area contributed by atoms with Crippen molar-refractivity contribution < 1.29 is 8.42 Å². The maximum Gasteiger partial charge on any atom is 0.243 e. The smallest absolute Gasteiger partial charge is 0.243 e. The lowest BCUT2D eigenvalue weighted by Gasteiger charge is -2.10. The minimum absolute atomic E-state index is 0.0677. The number of benzene rings is 1. The Morgan fingerprint density at radius 1 is 1.29 bits per heavy atom. The molecule has 0 atom stereocenters. The maximum atomic E-state index is 12.2. The van der Waals surface area contributed by atoms with Crippen molar-refractivity contribution in [3.63, 3.8) is 0 Å². The van der Waals surface area contributed by atoms with E-state index in [1.54, 1.807) is 17.1 Å². The van der Waals surface area contributed by atoms with Gasteiger partial charge in [-0.2, -0.15) is 0 Å². The summed E-state index contributed by atoms with van der Waals surface area (Å²) in [5.74, 6) is 0. The van der Waals surface area contributed by atoms with Gasteiger partial charge >= 0.3 is 0 Å². The Morgan fingerprint density at radius 2 is 1.95 bits per heavy atom. The summed E-state index contributed by atoms with van der Waals surface area (Å²) in [6, 6.07) is 2.97. The molecule has 0 aliphatic heterocycles. The lowest BCUT2D eigenvalue weighted by Crippen LogP contribution is -2.26. The highest BCUT2D eigenvalue weighted by Crippen LogP contribution is 2.32. The summed E-state index contributed by atoms with van der Waals surface area (Å²) in [5.41, 5.74) is 0. The standard InChI is InChI=1S/C11H11BrCl2N4O2S/c12-8-6-9(13)11(10(14)7-8)21(19,20)16-2-1-4-18-5-3-15-17-18/h3,5-7,16H,1-2,4H2. The summed E-state index contributed by atoms with van der Waals surface area (Å²) < 4.78 is 29.1. The molecule has 0 aliphatic rings. The average Bonchev–Trinajstić information content (AvgIpc) is 2.86. The largest absolute Gasteiger partial charge is 0.253 e. The van der Waals surface area contributed by atoms with E-state index in [0.717, 1.165) is 0 Å². The zero-order valence-corrected chi connectivity index (χ0v) is 14.5. The van der Waals surface area contributed by atoms with Crippen molar-refractivity contribution in [2.24, 2.45) is 0 Å². The molecule has 2 rings (SSSR count). The third-order valence-electron chi connectivity index (χ3n) is 2.56. The van der Waals surface area contributed by atoms with Gasteiger partial charge < -0.3 is 0 Å². The van der Waals surface area contributed by atoms with Gasteiger partial charge in [0.2, 0.25) is 10.0 Å². The molecule has 0 saturated carbocycles. The molecule has 0 unspecified atom stereocenters. The van der Waals surface area contributed by atoms with Gasteiger partial charge in [-0.3, -0.25) is 4.68 Å². The topological polar surface area (TPSA) is 76.9 Å². The first-order chi connectivity index (χ1) is 9.90. The fourth-order valence-electron chi connectivity index (χ4n) is 1.66. The van der Waals surface area contributed by atoms with Crippen LogP contribution in [0.2, 0.25) is 10.0 Å². The minimum atomic E-state index is -3.76. The molecule has 0 spiro atoms. The number of hydrogen-bond donors (Lipinski definition) is 1. The first-order valence-corrected chi connectivity index (χ1v) is 8.91. The molecular formula is C11H11BrCl2N4O2S. The normalized spacial score (nSPS) is 11.8. The highest BCUT2D eigenvalue weighted by Gasteiger charge is 2.21. The Kier molecular flexibility index (Phi) is 5.61. The number of rotatable bonds is 6. The highest BCUT2D eigenvalue weighted by molar-refractivity contribution is 9.10. The van der Waals surface area contributed by atoms with Crippen LogP contribution in [0, 0.1) is 0 Å². The molecule has 1 heterocycles. The lowest BCUT2D eigenvalue weighted by atomic mass is 10.4. The van der Waals surface area contributed by atoms with Crippen molar-refractivity contribution in [2.75, 3.05) is 6.54 Å². The second kappa shape index (κ2) is 7.06. The number of nitrogens with zero attached hydrogens (tertiary/aromatic N) is 3. The van der Waals surface area contributed by atoms with Crippen LogP contribution in [0.3, 0.4) is 0 Å². The van der Waals surface area contributed by atoms with Crippen LogP contribution < -0.4 is 4.72 Å². The van der Waals surface area contributed by atoms with Crippen molar-refractivity contribution in [1.29, 1.82) is 0 Å². The van der Waals surface area contributed by atoms with E-state index in [1.165, 1.54) is 12.1 Å². The van der Waals surface area contributed by atoms with Crippen molar-refractivity contribution in [3.05, 3.63) is 39.0 Å². The molecule has 0 fully saturated rings. The molecule has 114 valence electrons. The van der Waals surface area contributed by atoms with E-state index in [4.69, 9.17) is 23.2 Å². The van der Waals surface area contributed by atoms with E-state index in [9.17, 15) is 8.42 Å². The summed E-state index contributed by atoms with van der Waals surface area (Å²) in [6.07, 6.45) is 3.83. The number of sulfonamides is 1. The number of aromatic nitrogens is 3. The molecule has 2 aromatic rings. The zero-order valence-electron chi connectivity index (χ0n) is 10.6. The second-order valence-corrected chi connectivity index (χ2v) is 7.55. The highest BCUT2D eigenvalue weighted by atomic mass is 79.9. The van der Waals surface area contributed by atoms with Crippen LogP contribution in [0.15, 0.2) is 33.9 Å². The van der Waals surface area contributed by atoms with E-state index in [-0.39, 0.29) is 21.5 Å². The lowest BCUT2D eigenvalue weighted by molar-refractivity contribution is 0.542. The van der Waals surface area contributed by atoms with Gasteiger partial charge in [0.15, 0.2) is 0 Å². The zero-order chi connectivity index (χ0) is 15.5. The predicted molar refractivity (Wildman–Crippen MR) is 84.0 cm³/mol. The number of nitrogens with one attached hydrogen (secondary N) is 1. The quantitative estimate of drug-likeness (QED) is 0.738. The number of aryl methyl sites for hydroxylation is 1. The number of hydrogen-bond acceptors (Lipinski definition) is 4. The minimum Gasteiger partial charge on any atom is -0.253 e. The van der Waals surface area contributed by atoms with Gasteiger partial charge in [-0.25, -0.2) is 13.1 Å². The van der Waals surface area contributed by atoms with Gasteiger partial charge in [0.25, 0.3) is 0 Å². The number of halogens is 3. The van der Waals surface area contributed by atoms with Crippen molar-refractivity contribution >= 4 is 49.2 Å². The van der Waals surface area contributed by atoms with Crippen LogP contribution in [-0.2, 0) is 16.6 Å². The van der Waals surface area contributed by atoms with Crippen LogP contribution in [0.25, 0.3) is 0 Å². The van der Waals surface area contributed by atoms with E-state index < -0.39 is 10.0 Å². The molecular weight excluding hydrogens is 403 g/mol. The summed E-state index contributed by atoms with van der Waals surface area (Å²) in [7, 11) is -3.76. The molecule has 6 nitrogen and oxygen atoms in total. The average molecular weight is 414 g/mol. The SMILES string of the molecule is O=S(=O)(NCCCn1ccnn1)c1c(Cl)cc(Br)cc1Cl.